The first-order valence-corrected chi connectivity index (χ1v) is 18.4. The molecule has 48 heavy (non-hydrogen) atoms. The number of hydrogen-bond acceptors (Lipinski definition) is 2. The first-order valence-electron chi connectivity index (χ1n) is 17.6. The Kier molecular flexibility index (Phi) is 11.6. The van der Waals surface area contributed by atoms with Gasteiger partial charge in [-0.15, -0.1) is 11.3 Å². The summed E-state index contributed by atoms with van der Waals surface area (Å²) in [5.74, 6) is 14.5. The van der Waals surface area contributed by atoms with Crippen LogP contribution in [0.4, 0.5) is 0 Å². The topological polar surface area (TPSA) is 28.7 Å². The molecule has 4 aromatic carbocycles. The minimum absolute atomic E-state index is 0.842. The van der Waals surface area contributed by atoms with Gasteiger partial charge in [0.25, 0.3) is 0 Å². The van der Waals surface area contributed by atoms with Gasteiger partial charge >= 0.3 is 0 Å². The van der Waals surface area contributed by atoms with Gasteiger partial charge in [-0.1, -0.05) is 131 Å². The monoisotopic (exact) mass is 644 g/mol. The molecule has 0 spiro atoms. The molecule has 240 valence electrons. The van der Waals surface area contributed by atoms with Gasteiger partial charge in [0.1, 0.15) is 11.3 Å². The molecule has 0 unspecified atom stereocenters. The van der Waals surface area contributed by atoms with Crippen molar-refractivity contribution in [2.45, 2.75) is 78.1 Å². The van der Waals surface area contributed by atoms with Crippen molar-refractivity contribution in [2.75, 3.05) is 0 Å². The van der Waals surface area contributed by atoms with Crippen LogP contribution in [0.25, 0.3) is 32.2 Å². The van der Waals surface area contributed by atoms with Gasteiger partial charge in [-0.3, -0.25) is 0 Å². The van der Waals surface area contributed by atoms with Crippen LogP contribution in [-0.4, -0.2) is 9.97 Å². The van der Waals surface area contributed by atoms with Gasteiger partial charge in [-0.05, 0) is 90.9 Å². The quantitative estimate of drug-likeness (QED) is 0.104. The van der Waals surface area contributed by atoms with Gasteiger partial charge in [0.15, 0.2) is 0 Å². The smallest absolute Gasteiger partial charge is 0.148 e. The molecule has 2 aromatic heterocycles. The summed E-state index contributed by atoms with van der Waals surface area (Å²) in [6, 6.07) is 36.4. The fraction of sp³-hybridized carbons (Fsp3) is 0.267. The molecular formula is C45H44N2S. The van der Waals surface area contributed by atoms with Crippen LogP contribution in [0.1, 0.15) is 98.6 Å². The first-order chi connectivity index (χ1) is 23.7. The van der Waals surface area contributed by atoms with E-state index in [-0.39, 0.29) is 0 Å². The van der Waals surface area contributed by atoms with E-state index >= 15 is 0 Å². The Balaban J connectivity index is 1.28. The summed E-state index contributed by atoms with van der Waals surface area (Å²) in [5, 5.41) is 0. The van der Waals surface area contributed by atoms with Crippen LogP contribution >= 0.6 is 11.3 Å². The zero-order valence-corrected chi connectivity index (χ0v) is 29.1. The van der Waals surface area contributed by atoms with E-state index in [2.05, 4.69) is 146 Å². The minimum atomic E-state index is 0.842. The van der Waals surface area contributed by atoms with Gasteiger partial charge in [0.2, 0.25) is 0 Å². The van der Waals surface area contributed by atoms with Crippen LogP contribution in [0.3, 0.4) is 0 Å². The van der Waals surface area contributed by atoms with E-state index in [0.717, 1.165) is 56.8 Å². The number of benzene rings is 4. The summed E-state index contributed by atoms with van der Waals surface area (Å²) in [7, 11) is 0. The van der Waals surface area contributed by atoms with Crippen molar-refractivity contribution in [3.63, 3.8) is 0 Å². The Bertz CT molecular complexity index is 1930. The lowest BCUT2D eigenvalue weighted by Crippen LogP contribution is -1.87. The molecule has 0 atom stereocenters. The number of aryl methyl sites for hydroxylation is 2. The number of H-pyrrole nitrogens is 1. The van der Waals surface area contributed by atoms with Crippen molar-refractivity contribution in [1.82, 2.24) is 9.97 Å². The zero-order valence-electron chi connectivity index (χ0n) is 28.2. The van der Waals surface area contributed by atoms with Crippen molar-refractivity contribution < 1.29 is 0 Å². The maximum absolute atomic E-state index is 5.12. The highest BCUT2D eigenvalue weighted by atomic mass is 32.1. The standard InChI is InChI=1S/C45H44N2S/c1-3-5-7-10-14-34-18-22-36(23-19-34)26-28-39-30-31-40(29-27-37-24-20-35(21-25-37)15-11-8-6-4-2)44-43(39)46-45(47-44)42-33-32-41(48-42)38-16-12-9-13-17-38/h9,12-13,16-25,30-33H,3-8,10-11,14-15H2,1-2H3,(H,46,47). The van der Waals surface area contributed by atoms with Gasteiger partial charge < -0.3 is 4.98 Å². The molecular weight excluding hydrogens is 601 g/mol. The van der Waals surface area contributed by atoms with Crippen LogP contribution in [0.5, 0.6) is 0 Å². The lowest BCUT2D eigenvalue weighted by Gasteiger charge is -2.01. The van der Waals surface area contributed by atoms with Crippen molar-refractivity contribution in [2.24, 2.45) is 0 Å². The molecule has 0 amide bonds. The largest absolute Gasteiger partial charge is 0.336 e. The van der Waals surface area contributed by atoms with Gasteiger partial charge in [0, 0.05) is 16.0 Å². The molecule has 6 aromatic rings. The van der Waals surface area contributed by atoms with Crippen LogP contribution in [-0.2, 0) is 12.8 Å². The van der Waals surface area contributed by atoms with Crippen molar-refractivity contribution in [3.8, 4) is 44.8 Å². The molecule has 0 aliphatic carbocycles. The number of aromatic nitrogens is 2. The lowest BCUT2D eigenvalue weighted by atomic mass is 10.0. The maximum Gasteiger partial charge on any atom is 0.148 e. The Morgan fingerprint density at radius 1 is 0.542 bits per heavy atom. The molecule has 2 nitrogen and oxygen atoms in total. The molecule has 0 saturated heterocycles. The molecule has 2 heterocycles. The highest BCUT2D eigenvalue weighted by molar-refractivity contribution is 7.18. The Hall–Kier alpha value is -4.83. The highest BCUT2D eigenvalue weighted by Gasteiger charge is 2.14. The minimum Gasteiger partial charge on any atom is -0.336 e. The molecule has 0 aliphatic rings. The SMILES string of the molecule is CCCCCCc1ccc(C#Cc2ccc(C#Cc3ccc(CCCCCC)cc3)c3[nH]c(-c4ccc(-c5ccccc5)s4)nc23)cc1. The average molecular weight is 645 g/mol. The predicted molar refractivity (Wildman–Crippen MR) is 205 cm³/mol. The number of imidazole rings is 1. The highest BCUT2D eigenvalue weighted by Crippen LogP contribution is 2.35. The van der Waals surface area contributed by atoms with Crippen LogP contribution < -0.4 is 0 Å². The normalized spacial score (nSPS) is 10.8. The molecule has 0 saturated carbocycles. The fourth-order valence-corrected chi connectivity index (χ4v) is 6.89. The molecule has 6 rings (SSSR count). The average Bonchev–Trinajstić information content (AvgIpc) is 3.81. The van der Waals surface area contributed by atoms with Gasteiger partial charge in [-0.2, -0.15) is 0 Å². The number of unbranched alkanes of at least 4 members (excludes halogenated alkanes) is 6. The van der Waals surface area contributed by atoms with E-state index in [1.165, 1.54) is 72.9 Å². The van der Waals surface area contributed by atoms with E-state index in [9.17, 15) is 0 Å². The summed E-state index contributed by atoms with van der Waals surface area (Å²) >= 11 is 1.74. The van der Waals surface area contributed by atoms with E-state index in [4.69, 9.17) is 4.98 Å². The molecule has 1 N–H and O–H groups in total. The molecule has 0 bridgehead atoms. The first kappa shape index (κ1) is 33.1. The number of fused-ring (bicyclic) bond motifs is 1. The van der Waals surface area contributed by atoms with E-state index in [1.54, 1.807) is 11.3 Å². The van der Waals surface area contributed by atoms with E-state index in [0.29, 0.717) is 0 Å². The number of hydrogen-bond donors (Lipinski definition) is 1. The molecule has 0 aliphatic heterocycles. The third-order valence-electron chi connectivity index (χ3n) is 8.77. The van der Waals surface area contributed by atoms with Gasteiger partial charge in [0.05, 0.1) is 21.5 Å². The lowest BCUT2D eigenvalue weighted by molar-refractivity contribution is 0.667. The van der Waals surface area contributed by atoms with E-state index in [1.807, 2.05) is 0 Å². The summed E-state index contributed by atoms with van der Waals surface area (Å²) in [6.45, 7) is 4.51. The maximum atomic E-state index is 5.12. The summed E-state index contributed by atoms with van der Waals surface area (Å²) in [4.78, 5) is 11.1. The summed E-state index contributed by atoms with van der Waals surface area (Å²) in [5.41, 5.74) is 9.60. The van der Waals surface area contributed by atoms with Crippen LogP contribution in [0, 0.1) is 23.7 Å². The molecule has 0 fully saturated rings. The van der Waals surface area contributed by atoms with Crippen molar-refractivity contribution in [1.29, 1.82) is 0 Å². The van der Waals surface area contributed by atoms with Crippen LogP contribution in [0.2, 0.25) is 0 Å². The second-order valence-electron chi connectivity index (χ2n) is 12.5. The Morgan fingerprint density at radius 2 is 1.10 bits per heavy atom. The number of rotatable bonds is 12. The van der Waals surface area contributed by atoms with E-state index < -0.39 is 0 Å². The Labute approximate surface area is 290 Å². The Morgan fingerprint density at radius 3 is 1.71 bits per heavy atom. The second-order valence-corrected chi connectivity index (χ2v) is 13.6. The number of thiophene rings is 1. The third kappa shape index (κ3) is 8.74. The predicted octanol–water partition coefficient (Wildman–Crippen LogP) is 12.0. The number of nitrogens with one attached hydrogen (secondary N) is 1. The number of aromatic amines is 1. The van der Waals surface area contributed by atoms with Gasteiger partial charge in [-0.25, -0.2) is 4.98 Å². The molecule has 3 heteroatoms. The van der Waals surface area contributed by atoms with Crippen molar-refractivity contribution >= 4 is 22.4 Å². The van der Waals surface area contributed by atoms with Crippen molar-refractivity contribution in [3.05, 3.63) is 137 Å². The number of nitrogens with zero attached hydrogens (tertiary/aromatic N) is 1. The third-order valence-corrected chi connectivity index (χ3v) is 9.91. The summed E-state index contributed by atoms with van der Waals surface area (Å²) in [6.07, 6.45) is 12.5. The van der Waals surface area contributed by atoms with Crippen LogP contribution in [0.15, 0.2) is 103 Å². The zero-order chi connectivity index (χ0) is 33.0. The summed E-state index contributed by atoms with van der Waals surface area (Å²) < 4.78 is 0. The second kappa shape index (κ2) is 16.8. The molecule has 0 radical (unpaired) electrons. The fourth-order valence-electron chi connectivity index (χ4n) is 5.94.